The van der Waals surface area contributed by atoms with Crippen molar-refractivity contribution in [3.63, 3.8) is 0 Å². The molecule has 0 fully saturated rings. The summed E-state index contributed by atoms with van der Waals surface area (Å²) in [6.07, 6.45) is 0. The number of aromatic amines is 1. The van der Waals surface area contributed by atoms with Gasteiger partial charge >= 0.3 is 0 Å². The molecule has 0 unspecified atom stereocenters. The summed E-state index contributed by atoms with van der Waals surface area (Å²) in [5.41, 5.74) is 5.37. The molecular formula is C19H19N3O2. The lowest BCUT2D eigenvalue weighted by Gasteiger charge is -2.06. The molecule has 0 saturated heterocycles. The number of H-pyrrole nitrogens is 1. The van der Waals surface area contributed by atoms with Crippen molar-refractivity contribution in [2.45, 2.75) is 20.8 Å². The van der Waals surface area contributed by atoms with E-state index in [9.17, 15) is 9.90 Å². The van der Waals surface area contributed by atoms with E-state index in [-0.39, 0.29) is 11.7 Å². The Morgan fingerprint density at radius 2 is 1.71 bits per heavy atom. The van der Waals surface area contributed by atoms with Crippen LogP contribution in [0.5, 0.6) is 5.75 Å². The molecule has 3 rings (SSSR count). The first-order valence-corrected chi connectivity index (χ1v) is 7.68. The summed E-state index contributed by atoms with van der Waals surface area (Å²) >= 11 is 0. The maximum atomic E-state index is 12.3. The molecule has 0 saturated carbocycles. The first-order chi connectivity index (χ1) is 11.4. The summed E-state index contributed by atoms with van der Waals surface area (Å²) in [6, 6.07) is 12.8. The fourth-order valence-electron chi connectivity index (χ4n) is 2.42. The third kappa shape index (κ3) is 3.15. The Balaban J connectivity index is 1.84. The van der Waals surface area contributed by atoms with Crippen LogP contribution in [-0.4, -0.2) is 21.2 Å². The van der Waals surface area contributed by atoms with Crippen molar-refractivity contribution in [1.29, 1.82) is 0 Å². The number of aryl methyl sites for hydroxylation is 3. The molecule has 2 aromatic carbocycles. The van der Waals surface area contributed by atoms with Gasteiger partial charge in [0.15, 0.2) is 0 Å². The Labute approximate surface area is 140 Å². The highest BCUT2D eigenvalue weighted by atomic mass is 16.3. The van der Waals surface area contributed by atoms with E-state index >= 15 is 0 Å². The molecule has 3 N–H and O–H groups in total. The lowest BCUT2D eigenvalue weighted by Crippen LogP contribution is -2.12. The van der Waals surface area contributed by atoms with Gasteiger partial charge in [-0.15, -0.1) is 0 Å². The van der Waals surface area contributed by atoms with Crippen LogP contribution >= 0.6 is 0 Å². The highest BCUT2D eigenvalue weighted by molar-refractivity contribution is 6.03. The van der Waals surface area contributed by atoms with Crippen molar-refractivity contribution < 1.29 is 9.90 Å². The largest absolute Gasteiger partial charge is 0.507 e. The van der Waals surface area contributed by atoms with Gasteiger partial charge in [-0.2, -0.15) is 5.10 Å². The van der Waals surface area contributed by atoms with Gasteiger partial charge in [0.25, 0.3) is 5.91 Å². The summed E-state index contributed by atoms with van der Waals surface area (Å²) in [7, 11) is 0. The van der Waals surface area contributed by atoms with Crippen LogP contribution in [0.2, 0.25) is 0 Å². The minimum absolute atomic E-state index is 0.148. The van der Waals surface area contributed by atoms with Crippen LogP contribution in [0.3, 0.4) is 0 Å². The average Bonchev–Trinajstić information content (AvgIpc) is 3.03. The second-order valence-electron chi connectivity index (χ2n) is 5.94. The van der Waals surface area contributed by atoms with Crippen LogP contribution in [0.4, 0.5) is 5.69 Å². The topological polar surface area (TPSA) is 78.0 Å². The van der Waals surface area contributed by atoms with E-state index in [0.29, 0.717) is 17.0 Å². The molecule has 5 nitrogen and oxygen atoms in total. The molecule has 1 aromatic heterocycles. The van der Waals surface area contributed by atoms with Crippen LogP contribution in [0.25, 0.3) is 11.3 Å². The van der Waals surface area contributed by atoms with Crippen LogP contribution < -0.4 is 5.32 Å². The number of aromatic hydroxyl groups is 1. The normalized spacial score (nSPS) is 10.6. The van der Waals surface area contributed by atoms with Crippen molar-refractivity contribution in [2.75, 3.05) is 5.32 Å². The fourth-order valence-corrected chi connectivity index (χ4v) is 2.42. The number of phenolic OH excluding ortho intramolecular Hbond substituents is 1. The molecule has 122 valence electrons. The second-order valence-corrected chi connectivity index (χ2v) is 5.94. The monoisotopic (exact) mass is 321 g/mol. The number of carbonyl (C=O) groups is 1. The molecule has 0 aliphatic carbocycles. The van der Waals surface area contributed by atoms with Gasteiger partial charge in [-0.05, 0) is 62.2 Å². The maximum Gasteiger partial charge on any atom is 0.273 e. The van der Waals surface area contributed by atoms with Crippen LogP contribution in [0.1, 0.15) is 27.2 Å². The van der Waals surface area contributed by atoms with E-state index in [1.54, 1.807) is 12.1 Å². The van der Waals surface area contributed by atoms with Gasteiger partial charge in [0.2, 0.25) is 0 Å². The number of carbonyl (C=O) groups excluding carboxylic acids is 1. The van der Waals surface area contributed by atoms with Gasteiger partial charge in [0, 0.05) is 11.3 Å². The molecular weight excluding hydrogens is 302 g/mol. The van der Waals surface area contributed by atoms with Crippen molar-refractivity contribution in [1.82, 2.24) is 10.2 Å². The van der Waals surface area contributed by atoms with Crippen molar-refractivity contribution in [3.05, 3.63) is 64.8 Å². The van der Waals surface area contributed by atoms with Gasteiger partial charge in [-0.1, -0.05) is 17.7 Å². The second kappa shape index (κ2) is 6.20. The van der Waals surface area contributed by atoms with Crippen molar-refractivity contribution >= 4 is 11.6 Å². The molecule has 5 heteroatoms. The third-order valence-electron chi connectivity index (χ3n) is 4.02. The smallest absolute Gasteiger partial charge is 0.273 e. The zero-order valence-corrected chi connectivity index (χ0v) is 13.8. The highest BCUT2D eigenvalue weighted by Gasteiger charge is 2.14. The first kappa shape index (κ1) is 15.8. The molecule has 24 heavy (non-hydrogen) atoms. The molecule has 0 radical (unpaired) electrons. The standard InChI is InChI=1S/C19H19N3O2/c1-11-4-6-14(7-5-11)20-19(24)17-10-16(21-22-17)15-8-12(2)13(3)9-18(15)23/h4-10,23H,1-3H3,(H,20,24)(H,21,22). The zero-order valence-electron chi connectivity index (χ0n) is 13.8. The summed E-state index contributed by atoms with van der Waals surface area (Å²) in [5.74, 6) is -0.129. The number of benzene rings is 2. The minimum atomic E-state index is -0.277. The lowest BCUT2D eigenvalue weighted by atomic mass is 10.0. The predicted octanol–water partition coefficient (Wildman–Crippen LogP) is 3.96. The van der Waals surface area contributed by atoms with Crippen LogP contribution in [0, 0.1) is 20.8 Å². The number of rotatable bonds is 3. The molecule has 3 aromatic rings. The molecule has 0 spiro atoms. The first-order valence-electron chi connectivity index (χ1n) is 7.68. The van der Waals surface area contributed by atoms with Gasteiger partial charge in [-0.3, -0.25) is 9.89 Å². The van der Waals surface area contributed by atoms with Crippen molar-refractivity contribution in [3.8, 4) is 17.0 Å². The maximum absolute atomic E-state index is 12.3. The number of aromatic nitrogens is 2. The number of hydrogen-bond acceptors (Lipinski definition) is 3. The van der Waals surface area contributed by atoms with Gasteiger partial charge in [0.1, 0.15) is 11.4 Å². The van der Waals surface area contributed by atoms with Gasteiger partial charge in [0.05, 0.1) is 5.69 Å². The number of nitrogens with one attached hydrogen (secondary N) is 2. The minimum Gasteiger partial charge on any atom is -0.507 e. The summed E-state index contributed by atoms with van der Waals surface area (Å²) < 4.78 is 0. The Kier molecular flexibility index (Phi) is 4.08. The third-order valence-corrected chi connectivity index (χ3v) is 4.02. The lowest BCUT2D eigenvalue weighted by molar-refractivity contribution is 0.102. The van der Waals surface area contributed by atoms with E-state index in [2.05, 4.69) is 15.5 Å². The Morgan fingerprint density at radius 1 is 1.04 bits per heavy atom. The summed E-state index contributed by atoms with van der Waals surface area (Å²) in [4.78, 5) is 12.3. The van der Waals surface area contributed by atoms with E-state index in [1.165, 1.54) is 0 Å². The van der Waals surface area contributed by atoms with Crippen molar-refractivity contribution in [2.24, 2.45) is 0 Å². The molecule has 0 aliphatic rings. The summed E-state index contributed by atoms with van der Waals surface area (Å²) in [5, 5.41) is 19.8. The van der Waals surface area contributed by atoms with Crippen LogP contribution in [-0.2, 0) is 0 Å². The molecule has 0 bridgehead atoms. The number of phenols is 1. The molecule has 0 atom stereocenters. The Hall–Kier alpha value is -3.08. The number of amides is 1. The fraction of sp³-hybridized carbons (Fsp3) is 0.158. The van der Waals surface area contributed by atoms with E-state index in [4.69, 9.17) is 0 Å². The average molecular weight is 321 g/mol. The zero-order chi connectivity index (χ0) is 17.3. The number of hydrogen-bond donors (Lipinski definition) is 3. The number of nitrogens with zero attached hydrogens (tertiary/aromatic N) is 1. The Morgan fingerprint density at radius 3 is 2.42 bits per heavy atom. The summed E-state index contributed by atoms with van der Waals surface area (Å²) in [6.45, 7) is 5.89. The van der Waals surface area contributed by atoms with E-state index in [0.717, 1.165) is 22.4 Å². The van der Waals surface area contributed by atoms with E-state index < -0.39 is 0 Å². The van der Waals surface area contributed by atoms with E-state index in [1.807, 2.05) is 51.1 Å². The van der Waals surface area contributed by atoms with Crippen LogP contribution in [0.15, 0.2) is 42.5 Å². The molecule has 1 amide bonds. The highest BCUT2D eigenvalue weighted by Crippen LogP contribution is 2.30. The Bertz CT molecular complexity index is 895. The van der Waals surface area contributed by atoms with Gasteiger partial charge in [-0.25, -0.2) is 0 Å². The quantitative estimate of drug-likeness (QED) is 0.683. The SMILES string of the molecule is Cc1ccc(NC(=O)c2cc(-c3cc(C)c(C)cc3O)n[nH]2)cc1. The molecule has 0 aliphatic heterocycles. The van der Waals surface area contributed by atoms with Gasteiger partial charge < -0.3 is 10.4 Å². The molecule has 1 heterocycles. The predicted molar refractivity (Wildman–Crippen MR) is 94.3 cm³/mol. The number of anilines is 1.